The van der Waals surface area contributed by atoms with Crippen molar-refractivity contribution in [2.75, 3.05) is 13.7 Å². The lowest BCUT2D eigenvalue weighted by molar-refractivity contribution is 0.0997. The second-order valence-corrected chi connectivity index (χ2v) is 6.30. The number of hydrogen-bond acceptors (Lipinski definition) is 3. The van der Waals surface area contributed by atoms with Crippen LogP contribution in [0.25, 0.3) is 0 Å². The summed E-state index contributed by atoms with van der Waals surface area (Å²) in [6.45, 7) is 5.02. The number of carbonyl (C=O) groups excluding carboxylic acids is 1. The van der Waals surface area contributed by atoms with Crippen LogP contribution < -0.4 is 4.80 Å². The minimum Gasteiger partial charge on any atom is -0.383 e. The van der Waals surface area contributed by atoms with Gasteiger partial charge in [0.25, 0.3) is 5.91 Å². The number of methoxy groups -OCH3 is 1. The molecule has 0 saturated carbocycles. The normalized spacial score (nSPS) is 12.0. The fourth-order valence-corrected chi connectivity index (χ4v) is 3.13. The van der Waals surface area contributed by atoms with Crippen molar-refractivity contribution in [3.8, 4) is 0 Å². The van der Waals surface area contributed by atoms with Crippen LogP contribution >= 0.6 is 22.9 Å². The molecular weight excluding hydrogens is 327 g/mol. The topological polar surface area (TPSA) is 43.6 Å². The molecule has 2 aromatic rings. The van der Waals surface area contributed by atoms with Crippen LogP contribution in [-0.4, -0.2) is 24.2 Å². The molecule has 4 nitrogen and oxygen atoms in total. The maximum atomic E-state index is 13.3. The van der Waals surface area contributed by atoms with Gasteiger partial charge in [-0.15, -0.1) is 11.3 Å². The van der Waals surface area contributed by atoms with Crippen LogP contribution in [0.3, 0.4) is 0 Å². The van der Waals surface area contributed by atoms with Gasteiger partial charge in [0.1, 0.15) is 5.82 Å². The Labute approximate surface area is 136 Å². The quantitative estimate of drug-likeness (QED) is 0.855. The molecule has 1 aromatic heterocycles. The molecule has 0 radical (unpaired) electrons. The SMILES string of the molecule is COCCn1c(C)c(C)sc1=NC(=O)c1cc(F)ccc1Cl. The highest BCUT2D eigenvalue weighted by Gasteiger charge is 2.13. The molecule has 7 heteroatoms. The number of halogens is 2. The predicted octanol–water partition coefficient (Wildman–Crippen LogP) is 3.35. The van der Waals surface area contributed by atoms with Gasteiger partial charge in [0.15, 0.2) is 4.80 Å². The summed E-state index contributed by atoms with van der Waals surface area (Å²) in [7, 11) is 1.61. The van der Waals surface area contributed by atoms with E-state index in [1.807, 2.05) is 18.4 Å². The monoisotopic (exact) mass is 342 g/mol. The lowest BCUT2D eigenvalue weighted by Gasteiger charge is -2.05. The highest BCUT2D eigenvalue weighted by atomic mass is 35.5. The molecule has 0 spiro atoms. The summed E-state index contributed by atoms with van der Waals surface area (Å²) in [6.07, 6.45) is 0. The zero-order valence-corrected chi connectivity index (χ0v) is 14.1. The minimum absolute atomic E-state index is 0.0589. The van der Waals surface area contributed by atoms with Crippen molar-refractivity contribution >= 4 is 28.8 Å². The molecule has 1 heterocycles. The summed E-state index contributed by atoms with van der Waals surface area (Å²) in [6, 6.07) is 3.65. The van der Waals surface area contributed by atoms with E-state index in [0.29, 0.717) is 18.0 Å². The van der Waals surface area contributed by atoms with Crippen LogP contribution in [0.5, 0.6) is 0 Å². The third kappa shape index (κ3) is 3.63. The third-order valence-electron chi connectivity index (χ3n) is 3.26. The van der Waals surface area contributed by atoms with Gasteiger partial charge in [-0.25, -0.2) is 4.39 Å². The van der Waals surface area contributed by atoms with Gasteiger partial charge < -0.3 is 9.30 Å². The Morgan fingerprint density at radius 3 is 2.86 bits per heavy atom. The molecule has 118 valence electrons. The molecule has 0 aliphatic carbocycles. The number of thiazole rings is 1. The molecular formula is C15H16ClFN2O2S. The van der Waals surface area contributed by atoms with Crippen LogP contribution in [0, 0.1) is 19.7 Å². The standard InChI is InChI=1S/C15H16ClFN2O2S/c1-9-10(2)22-15(19(9)6-7-21-3)18-14(20)12-8-11(17)4-5-13(12)16/h4-5,8H,6-7H2,1-3H3. The number of hydrogen-bond donors (Lipinski definition) is 0. The van der Waals surface area contributed by atoms with E-state index in [2.05, 4.69) is 4.99 Å². The van der Waals surface area contributed by atoms with Gasteiger partial charge in [-0.05, 0) is 32.0 Å². The zero-order valence-electron chi connectivity index (χ0n) is 12.5. The molecule has 0 fully saturated rings. The van der Waals surface area contributed by atoms with Gasteiger partial charge in [0.05, 0.1) is 17.2 Å². The van der Waals surface area contributed by atoms with Crippen molar-refractivity contribution in [3.05, 3.63) is 50.0 Å². The van der Waals surface area contributed by atoms with E-state index >= 15 is 0 Å². The van der Waals surface area contributed by atoms with E-state index < -0.39 is 11.7 Å². The highest BCUT2D eigenvalue weighted by molar-refractivity contribution is 7.09. The van der Waals surface area contributed by atoms with E-state index in [-0.39, 0.29) is 10.6 Å². The molecule has 0 unspecified atom stereocenters. The Morgan fingerprint density at radius 2 is 2.18 bits per heavy atom. The van der Waals surface area contributed by atoms with Crippen molar-refractivity contribution in [2.45, 2.75) is 20.4 Å². The maximum Gasteiger partial charge on any atom is 0.281 e. The van der Waals surface area contributed by atoms with E-state index in [0.717, 1.165) is 16.6 Å². The van der Waals surface area contributed by atoms with Crippen LogP contribution in [0.1, 0.15) is 20.9 Å². The van der Waals surface area contributed by atoms with E-state index in [1.54, 1.807) is 7.11 Å². The summed E-state index contributed by atoms with van der Waals surface area (Å²) in [5.41, 5.74) is 1.09. The second-order valence-electron chi connectivity index (χ2n) is 4.71. The molecule has 22 heavy (non-hydrogen) atoms. The Kier molecular flexibility index (Phi) is 5.50. The van der Waals surface area contributed by atoms with Crippen LogP contribution in [-0.2, 0) is 11.3 Å². The fraction of sp³-hybridized carbons (Fsp3) is 0.333. The number of ether oxygens (including phenoxy) is 1. The molecule has 1 amide bonds. The molecule has 0 N–H and O–H groups in total. The fourth-order valence-electron chi connectivity index (χ4n) is 1.94. The van der Waals surface area contributed by atoms with E-state index in [1.165, 1.54) is 23.5 Å². The Balaban J connectivity index is 2.46. The van der Waals surface area contributed by atoms with Crippen molar-refractivity contribution in [1.29, 1.82) is 0 Å². The molecule has 0 bridgehead atoms. The van der Waals surface area contributed by atoms with E-state index in [9.17, 15) is 9.18 Å². The highest BCUT2D eigenvalue weighted by Crippen LogP contribution is 2.18. The molecule has 0 aliphatic rings. The minimum atomic E-state index is -0.558. The van der Waals surface area contributed by atoms with Crippen LogP contribution in [0.15, 0.2) is 23.2 Å². The van der Waals surface area contributed by atoms with Gasteiger partial charge in [-0.3, -0.25) is 4.79 Å². The van der Waals surface area contributed by atoms with Crippen molar-refractivity contribution in [3.63, 3.8) is 0 Å². The number of nitrogens with zero attached hydrogens (tertiary/aromatic N) is 2. The number of benzene rings is 1. The van der Waals surface area contributed by atoms with Crippen LogP contribution in [0.2, 0.25) is 5.02 Å². The first kappa shape index (κ1) is 16.9. The summed E-state index contributed by atoms with van der Waals surface area (Å²) in [4.78, 5) is 18.0. The summed E-state index contributed by atoms with van der Waals surface area (Å²) >= 11 is 7.35. The first-order valence-corrected chi connectivity index (χ1v) is 7.83. The number of rotatable bonds is 4. The van der Waals surface area contributed by atoms with Crippen molar-refractivity contribution < 1.29 is 13.9 Å². The van der Waals surface area contributed by atoms with Gasteiger partial charge in [-0.2, -0.15) is 4.99 Å². The van der Waals surface area contributed by atoms with Gasteiger partial charge in [0.2, 0.25) is 0 Å². The van der Waals surface area contributed by atoms with Crippen molar-refractivity contribution in [1.82, 2.24) is 4.57 Å². The third-order valence-corrected chi connectivity index (χ3v) is 4.69. The maximum absolute atomic E-state index is 13.3. The number of aryl methyl sites for hydroxylation is 1. The number of aromatic nitrogens is 1. The summed E-state index contributed by atoms with van der Waals surface area (Å²) in [5.74, 6) is -1.08. The molecule has 2 rings (SSSR count). The smallest absolute Gasteiger partial charge is 0.281 e. The molecule has 0 aliphatic heterocycles. The summed E-state index contributed by atoms with van der Waals surface area (Å²) in [5, 5.41) is 0.184. The largest absolute Gasteiger partial charge is 0.383 e. The summed E-state index contributed by atoms with van der Waals surface area (Å²) < 4.78 is 20.3. The Hall–Kier alpha value is -1.50. The first-order valence-electron chi connectivity index (χ1n) is 6.64. The zero-order chi connectivity index (χ0) is 16.3. The van der Waals surface area contributed by atoms with Crippen LogP contribution in [0.4, 0.5) is 4.39 Å². The van der Waals surface area contributed by atoms with Crippen molar-refractivity contribution in [2.24, 2.45) is 4.99 Å². The lowest BCUT2D eigenvalue weighted by atomic mass is 10.2. The Bertz CT molecular complexity index is 767. The Morgan fingerprint density at radius 1 is 1.45 bits per heavy atom. The predicted molar refractivity (Wildman–Crippen MR) is 85.0 cm³/mol. The lowest BCUT2D eigenvalue weighted by Crippen LogP contribution is -2.20. The van der Waals surface area contributed by atoms with Gasteiger partial charge >= 0.3 is 0 Å². The number of carbonyl (C=O) groups is 1. The first-order chi connectivity index (χ1) is 10.4. The van der Waals surface area contributed by atoms with E-state index in [4.69, 9.17) is 16.3 Å². The average molecular weight is 343 g/mol. The molecule has 1 aromatic carbocycles. The van der Waals surface area contributed by atoms with Gasteiger partial charge in [-0.1, -0.05) is 11.6 Å². The number of amides is 1. The molecule has 0 saturated heterocycles. The second kappa shape index (κ2) is 7.17. The average Bonchev–Trinajstić information content (AvgIpc) is 2.74. The van der Waals surface area contributed by atoms with Gasteiger partial charge in [0, 0.05) is 24.2 Å². The molecule has 0 atom stereocenters.